The molecule has 2 saturated heterocycles. The second-order valence-electron chi connectivity index (χ2n) is 3.81. The summed E-state index contributed by atoms with van der Waals surface area (Å²) in [5, 5.41) is 5.42. The van der Waals surface area contributed by atoms with Crippen LogP contribution in [0.4, 0.5) is 0 Å². The van der Waals surface area contributed by atoms with E-state index in [0.29, 0.717) is 0 Å². The molecule has 2 heterocycles. The first kappa shape index (κ1) is 9.61. The predicted molar refractivity (Wildman–Crippen MR) is 48.5 cm³/mol. The Hall–Kier alpha value is -0.940. The van der Waals surface area contributed by atoms with Gasteiger partial charge < -0.3 is 4.74 Å². The molecule has 2 aliphatic rings. The van der Waals surface area contributed by atoms with Gasteiger partial charge in [-0.15, -0.1) is 0 Å². The zero-order valence-electron chi connectivity index (χ0n) is 8.08. The first-order valence-corrected chi connectivity index (χ1v) is 4.88. The van der Waals surface area contributed by atoms with Gasteiger partial charge in [0, 0.05) is 12.6 Å². The fourth-order valence-corrected chi connectivity index (χ4v) is 1.90. The van der Waals surface area contributed by atoms with E-state index < -0.39 is 0 Å². The molecule has 2 N–H and O–H groups in total. The molecule has 5 nitrogen and oxygen atoms in total. The lowest BCUT2D eigenvalue weighted by molar-refractivity contribution is -0.125. The molecule has 2 rings (SSSR count). The number of carbonyl (C=O) groups excluding carboxylic acids is 2. The third-order valence-corrected chi connectivity index (χ3v) is 2.76. The zero-order valence-corrected chi connectivity index (χ0v) is 8.08. The molecule has 78 valence electrons. The van der Waals surface area contributed by atoms with Gasteiger partial charge >= 0.3 is 0 Å². The summed E-state index contributed by atoms with van der Waals surface area (Å²) < 4.78 is 5.36. The molecule has 0 saturated carbocycles. The van der Waals surface area contributed by atoms with Crippen molar-refractivity contribution in [2.24, 2.45) is 0 Å². The van der Waals surface area contributed by atoms with Crippen LogP contribution in [-0.2, 0) is 14.3 Å². The predicted octanol–water partition coefficient (Wildman–Crippen LogP) is -0.831. The van der Waals surface area contributed by atoms with Crippen LogP contribution >= 0.6 is 0 Å². The number of ether oxygens (including phenoxy) is 1. The second kappa shape index (κ2) is 3.67. The number of amides is 2. The summed E-state index contributed by atoms with van der Waals surface area (Å²) in [4.78, 5) is 22.2. The number of imide groups is 1. The lowest BCUT2D eigenvalue weighted by Crippen LogP contribution is -2.45. The first-order chi connectivity index (χ1) is 6.66. The van der Waals surface area contributed by atoms with Crippen molar-refractivity contribution in [1.82, 2.24) is 10.6 Å². The highest BCUT2D eigenvalue weighted by atomic mass is 16.5. The summed E-state index contributed by atoms with van der Waals surface area (Å²) in [5.41, 5.74) is 0. The number of carbonyl (C=O) groups is 2. The molecule has 0 spiro atoms. The summed E-state index contributed by atoms with van der Waals surface area (Å²) in [6, 6.07) is -0.173. The largest absolute Gasteiger partial charge is 0.377 e. The van der Waals surface area contributed by atoms with Gasteiger partial charge in [0.15, 0.2) is 0 Å². The van der Waals surface area contributed by atoms with Gasteiger partial charge in [0.2, 0.25) is 11.8 Å². The fraction of sp³-hybridized carbons (Fsp3) is 0.778. The van der Waals surface area contributed by atoms with Gasteiger partial charge in [0.25, 0.3) is 0 Å². The lowest BCUT2D eigenvalue weighted by atomic mass is 10.1. The van der Waals surface area contributed by atoms with Gasteiger partial charge in [0.1, 0.15) is 0 Å². The van der Waals surface area contributed by atoms with Crippen LogP contribution in [0.3, 0.4) is 0 Å². The van der Waals surface area contributed by atoms with E-state index in [2.05, 4.69) is 10.6 Å². The summed E-state index contributed by atoms with van der Waals surface area (Å²) in [7, 11) is 0. The molecule has 3 unspecified atom stereocenters. The number of nitrogens with one attached hydrogen (secondary N) is 2. The van der Waals surface area contributed by atoms with E-state index in [4.69, 9.17) is 4.74 Å². The smallest absolute Gasteiger partial charge is 0.244 e. The van der Waals surface area contributed by atoms with E-state index in [9.17, 15) is 9.59 Å². The van der Waals surface area contributed by atoms with Crippen molar-refractivity contribution >= 4 is 11.8 Å². The van der Waals surface area contributed by atoms with Crippen molar-refractivity contribution < 1.29 is 14.3 Å². The molecule has 0 bridgehead atoms. The van der Waals surface area contributed by atoms with E-state index in [1.807, 2.05) is 6.92 Å². The van der Waals surface area contributed by atoms with Gasteiger partial charge in [-0.3, -0.25) is 20.2 Å². The maximum atomic E-state index is 11.2. The van der Waals surface area contributed by atoms with E-state index in [1.54, 1.807) is 0 Å². The van der Waals surface area contributed by atoms with Crippen molar-refractivity contribution in [3.63, 3.8) is 0 Å². The topological polar surface area (TPSA) is 67.4 Å². The maximum Gasteiger partial charge on any atom is 0.244 e. The van der Waals surface area contributed by atoms with Crippen molar-refractivity contribution in [1.29, 1.82) is 0 Å². The number of hydrogen-bond donors (Lipinski definition) is 2. The Labute approximate surface area is 82.2 Å². The third-order valence-electron chi connectivity index (χ3n) is 2.76. The van der Waals surface area contributed by atoms with Gasteiger partial charge in [0.05, 0.1) is 18.6 Å². The minimum atomic E-state index is -0.364. The van der Waals surface area contributed by atoms with Crippen LogP contribution < -0.4 is 10.6 Å². The van der Waals surface area contributed by atoms with E-state index in [0.717, 1.165) is 13.0 Å². The van der Waals surface area contributed by atoms with Gasteiger partial charge in [-0.2, -0.15) is 0 Å². The van der Waals surface area contributed by atoms with Crippen LogP contribution in [0.1, 0.15) is 19.8 Å². The highest BCUT2D eigenvalue weighted by Crippen LogP contribution is 2.15. The Balaban J connectivity index is 1.91. The highest BCUT2D eigenvalue weighted by Gasteiger charge is 2.34. The van der Waals surface area contributed by atoms with Crippen LogP contribution in [0.2, 0.25) is 0 Å². The Morgan fingerprint density at radius 3 is 2.79 bits per heavy atom. The van der Waals surface area contributed by atoms with E-state index in [1.165, 1.54) is 0 Å². The van der Waals surface area contributed by atoms with E-state index >= 15 is 0 Å². The molecule has 2 aliphatic heterocycles. The van der Waals surface area contributed by atoms with Crippen LogP contribution in [-0.4, -0.2) is 36.6 Å². The van der Waals surface area contributed by atoms with E-state index in [-0.39, 0.29) is 36.4 Å². The Bertz CT molecular complexity index is 267. The molecule has 0 aromatic carbocycles. The average molecular weight is 198 g/mol. The molecule has 0 aromatic heterocycles. The zero-order chi connectivity index (χ0) is 10.1. The fourth-order valence-electron chi connectivity index (χ4n) is 1.90. The lowest BCUT2D eigenvalue weighted by Gasteiger charge is -2.18. The molecular formula is C9H14N2O3. The molecule has 5 heteroatoms. The SMILES string of the molecule is CC1OCCC1NC1CC(=O)NC1=O. The molecule has 0 aliphatic carbocycles. The Morgan fingerprint density at radius 1 is 1.50 bits per heavy atom. The molecule has 14 heavy (non-hydrogen) atoms. The van der Waals surface area contributed by atoms with Gasteiger partial charge in [-0.05, 0) is 13.3 Å². The standard InChI is InChI=1S/C9H14N2O3/c1-5-6(2-3-14-5)10-7-4-8(12)11-9(7)13/h5-7,10H,2-4H2,1H3,(H,11,12,13). The van der Waals surface area contributed by atoms with Crippen molar-refractivity contribution in [3.8, 4) is 0 Å². The molecule has 0 aromatic rings. The third kappa shape index (κ3) is 1.78. The van der Waals surface area contributed by atoms with Crippen LogP contribution in [0.15, 0.2) is 0 Å². The molecular weight excluding hydrogens is 184 g/mol. The van der Waals surface area contributed by atoms with Crippen LogP contribution in [0, 0.1) is 0 Å². The van der Waals surface area contributed by atoms with Crippen molar-refractivity contribution in [3.05, 3.63) is 0 Å². The van der Waals surface area contributed by atoms with Crippen LogP contribution in [0.5, 0.6) is 0 Å². The maximum absolute atomic E-state index is 11.2. The summed E-state index contributed by atoms with van der Waals surface area (Å²) in [6.45, 7) is 2.69. The first-order valence-electron chi connectivity index (χ1n) is 4.88. The number of hydrogen-bond acceptors (Lipinski definition) is 4. The number of rotatable bonds is 2. The normalized spacial score (nSPS) is 37.6. The minimum absolute atomic E-state index is 0.124. The molecule has 2 fully saturated rings. The highest BCUT2D eigenvalue weighted by molar-refractivity contribution is 6.05. The van der Waals surface area contributed by atoms with Crippen molar-refractivity contribution in [2.45, 2.75) is 38.0 Å². The average Bonchev–Trinajstić information content (AvgIpc) is 2.62. The molecule has 3 atom stereocenters. The summed E-state index contributed by atoms with van der Waals surface area (Å²) in [5.74, 6) is -0.409. The van der Waals surface area contributed by atoms with Gasteiger partial charge in [-0.25, -0.2) is 0 Å². The second-order valence-corrected chi connectivity index (χ2v) is 3.81. The molecule has 0 radical (unpaired) electrons. The quantitative estimate of drug-likeness (QED) is 0.568. The molecule has 2 amide bonds. The minimum Gasteiger partial charge on any atom is -0.377 e. The van der Waals surface area contributed by atoms with Crippen LogP contribution in [0.25, 0.3) is 0 Å². The summed E-state index contributed by atoms with van der Waals surface area (Å²) >= 11 is 0. The monoisotopic (exact) mass is 198 g/mol. The van der Waals surface area contributed by atoms with Crippen molar-refractivity contribution in [2.75, 3.05) is 6.61 Å². The Kier molecular flexibility index (Phi) is 2.52. The van der Waals surface area contributed by atoms with Gasteiger partial charge in [-0.1, -0.05) is 0 Å². The summed E-state index contributed by atoms with van der Waals surface area (Å²) in [6.07, 6.45) is 1.28. The Morgan fingerprint density at radius 2 is 2.29 bits per heavy atom.